The van der Waals surface area contributed by atoms with E-state index in [1.54, 1.807) is 7.11 Å². The van der Waals surface area contributed by atoms with Crippen LogP contribution in [-0.4, -0.2) is 23.8 Å². The van der Waals surface area contributed by atoms with Gasteiger partial charge >= 0.3 is 0 Å². The van der Waals surface area contributed by atoms with Gasteiger partial charge in [-0.05, 0) is 49.1 Å². The predicted octanol–water partition coefficient (Wildman–Crippen LogP) is 2.87. The van der Waals surface area contributed by atoms with Crippen molar-refractivity contribution in [2.75, 3.05) is 13.7 Å². The first-order chi connectivity index (χ1) is 10.6. The number of benzene rings is 1. The molecule has 116 valence electrons. The maximum atomic E-state index is 11.1. The Balaban J connectivity index is 1.89. The Bertz CT molecular complexity index is 671. The zero-order chi connectivity index (χ0) is 15.6. The van der Waals surface area contributed by atoms with Crippen molar-refractivity contribution in [1.29, 1.82) is 0 Å². The lowest BCUT2D eigenvalue weighted by Gasteiger charge is -2.33. The maximum Gasteiger partial charge on any atom is 0.213 e. The number of aliphatic hydroxyl groups is 1. The molecular formula is C18H21NO3. The first-order valence-electron chi connectivity index (χ1n) is 7.63. The molecule has 1 aromatic carbocycles. The van der Waals surface area contributed by atoms with Crippen molar-refractivity contribution in [3.63, 3.8) is 0 Å². The van der Waals surface area contributed by atoms with Crippen LogP contribution in [0.4, 0.5) is 0 Å². The molecule has 0 bridgehead atoms. The van der Waals surface area contributed by atoms with Crippen molar-refractivity contribution in [3.05, 3.63) is 53.2 Å². The quantitative estimate of drug-likeness (QED) is 0.943. The fourth-order valence-corrected chi connectivity index (χ4v) is 3.00. The van der Waals surface area contributed by atoms with E-state index in [9.17, 15) is 5.11 Å². The van der Waals surface area contributed by atoms with E-state index in [1.807, 2.05) is 37.3 Å². The van der Waals surface area contributed by atoms with E-state index < -0.39 is 5.60 Å². The van der Waals surface area contributed by atoms with Gasteiger partial charge in [-0.15, -0.1) is 0 Å². The summed E-state index contributed by atoms with van der Waals surface area (Å²) < 4.78 is 10.7. The van der Waals surface area contributed by atoms with Crippen LogP contribution in [-0.2, 0) is 18.4 Å². The average Bonchev–Trinajstić information content (AvgIpc) is 2.55. The molecule has 0 radical (unpaired) electrons. The van der Waals surface area contributed by atoms with Gasteiger partial charge in [-0.3, -0.25) is 0 Å². The van der Waals surface area contributed by atoms with Crippen LogP contribution in [0.25, 0.3) is 0 Å². The minimum atomic E-state index is -0.936. The topological polar surface area (TPSA) is 51.6 Å². The summed E-state index contributed by atoms with van der Waals surface area (Å²) in [5.74, 6) is 1.43. The van der Waals surface area contributed by atoms with Crippen LogP contribution in [0.5, 0.6) is 11.6 Å². The number of ether oxygens (including phenoxy) is 2. The molecule has 1 aliphatic rings. The van der Waals surface area contributed by atoms with Crippen LogP contribution in [0.3, 0.4) is 0 Å². The minimum absolute atomic E-state index is 0.564. The first kappa shape index (κ1) is 14.9. The van der Waals surface area contributed by atoms with Gasteiger partial charge in [0.2, 0.25) is 5.88 Å². The normalized spacial score (nSPS) is 20.3. The Hall–Kier alpha value is -2.07. The van der Waals surface area contributed by atoms with Crippen molar-refractivity contribution in [1.82, 2.24) is 4.98 Å². The Morgan fingerprint density at radius 2 is 2.09 bits per heavy atom. The summed E-state index contributed by atoms with van der Waals surface area (Å²) in [5.41, 5.74) is 2.14. The summed E-state index contributed by atoms with van der Waals surface area (Å²) in [6.07, 6.45) is 2.02. The second kappa shape index (κ2) is 5.97. The highest BCUT2D eigenvalue weighted by atomic mass is 16.5. The third-order valence-corrected chi connectivity index (χ3v) is 4.20. The minimum Gasteiger partial charge on any atom is -0.497 e. The SMILES string of the molecule is CCOc1cccc(C2(O)CCc3cc(OC)ccc3C2)n1. The lowest BCUT2D eigenvalue weighted by atomic mass is 9.78. The summed E-state index contributed by atoms with van der Waals surface area (Å²) in [5, 5.41) is 11.1. The molecule has 4 nitrogen and oxygen atoms in total. The maximum absolute atomic E-state index is 11.1. The van der Waals surface area contributed by atoms with Gasteiger partial charge in [0, 0.05) is 12.5 Å². The molecule has 1 unspecified atom stereocenters. The second-order valence-corrected chi connectivity index (χ2v) is 5.64. The Morgan fingerprint density at radius 3 is 2.86 bits per heavy atom. The third kappa shape index (κ3) is 2.79. The molecule has 1 atom stereocenters. The Morgan fingerprint density at radius 1 is 1.23 bits per heavy atom. The highest BCUT2D eigenvalue weighted by Gasteiger charge is 2.35. The Labute approximate surface area is 130 Å². The second-order valence-electron chi connectivity index (χ2n) is 5.64. The number of rotatable bonds is 4. The predicted molar refractivity (Wildman–Crippen MR) is 84.3 cm³/mol. The number of fused-ring (bicyclic) bond motifs is 1. The van der Waals surface area contributed by atoms with E-state index in [4.69, 9.17) is 9.47 Å². The number of hydrogen-bond acceptors (Lipinski definition) is 4. The van der Waals surface area contributed by atoms with E-state index in [0.717, 1.165) is 17.7 Å². The highest BCUT2D eigenvalue weighted by Crippen LogP contribution is 2.37. The number of nitrogens with zero attached hydrogens (tertiary/aromatic N) is 1. The van der Waals surface area contributed by atoms with Gasteiger partial charge in [-0.2, -0.15) is 0 Å². The molecule has 2 aromatic rings. The molecule has 1 heterocycles. The smallest absolute Gasteiger partial charge is 0.213 e. The van der Waals surface area contributed by atoms with E-state index in [1.165, 1.54) is 5.56 Å². The fourth-order valence-electron chi connectivity index (χ4n) is 3.00. The summed E-state index contributed by atoms with van der Waals surface area (Å²) in [4.78, 5) is 4.47. The van der Waals surface area contributed by atoms with E-state index in [-0.39, 0.29) is 0 Å². The van der Waals surface area contributed by atoms with Crippen LogP contribution in [0.15, 0.2) is 36.4 Å². The molecule has 1 aliphatic carbocycles. The van der Waals surface area contributed by atoms with Crippen LogP contribution in [0, 0.1) is 0 Å². The van der Waals surface area contributed by atoms with Crippen molar-refractivity contribution in [2.45, 2.75) is 31.8 Å². The van der Waals surface area contributed by atoms with Crippen molar-refractivity contribution in [3.8, 4) is 11.6 Å². The summed E-state index contributed by atoms with van der Waals surface area (Å²) in [6.45, 7) is 2.49. The fraction of sp³-hybridized carbons (Fsp3) is 0.389. The van der Waals surface area contributed by atoms with Gasteiger partial charge in [0.15, 0.2) is 0 Å². The molecule has 4 heteroatoms. The molecule has 0 amide bonds. The number of aryl methyl sites for hydroxylation is 1. The van der Waals surface area contributed by atoms with E-state index in [2.05, 4.69) is 11.1 Å². The van der Waals surface area contributed by atoms with E-state index in [0.29, 0.717) is 31.0 Å². The molecule has 1 aromatic heterocycles. The zero-order valence-electron chi connectivity index (χ0n) is 13.0. The van der Waals surface area contributed by atoms with E-state index >= 15 is 0 Å². The van der Waals surface area contributed by atoms with Crippen molar-refractivity contribution < 1.29 is 14.6 Å². The lowest BCUT2D eigenvalue weighted by Crippen LogP contribution is -2.34. The lowest BCUT2D eigenvalue weighted by molar-refractivity contribution is 0.0173. The largest absolute Gasteiger partial charge is 0.497 e. The van der Waals surface area contributed by atoms with Crippen LogP contribution in [0.2, 0.25) is 0 Å². The van der Waals surface area contributed by atoms with Crippen LogP contribution in [0.1, 0.15) is 30.2 Å². The highest BCUT2D eigenvalue weighted by molar-refractivity contribution is 5.40. The van der Waals surface area contributed by atoms with Gasteiger partial charge < -0.3 is 14.6 Å². The van der Waals surface area contributed by atoms with Gasteiger partial charge in [-0.1, -0.05) is 12.1 Å². The van der Waals surface area contributed by atoms with Crippen LogP contribution < -0.4 is 9.47 Å². The first-order valence-corrected chi connectivity index (χ1v) is 7.63. The molecule has 1 N–H and O–H groups in total. The number of hydrogen-bond donors (Lipinski definition) is 1. The van der Waals surface area contributed by atoms with Gasteiger partial charge in [-0.25, -0.2) is 4.98 Å². The molecular weight excluding hydrogens is 278 g/mol. The van der Waals surface area contributed by atoms with Crippen molar-refractivity contribution >= 4 is 0 Å². The number of methoxy groups -OCH3 is 1. The molecule has 0 aliphatic heterocycles. The Kier molecular flexibility index (Phi) is 4.03. The average molecular weight is 299 g/mol. The molecule has 0 spiro atoms. The number of pyridine rings is 1. The summed E-state index contributed by atoms with van der Waals surface area (Å²) >= 11 is 0. The zero-order valence-corrected chi connectivity index (χ0v) is 13.0. The van der Waals surface area contributed by atoms with Crippen molar-refractivity contribution in [2.24, 2.45) is 0 Å². The molecule has 22 heavy (non-hydrogen) atoms. The third-order valence-electron chi connectivity index (χ3n) is 4.20. The van der Waals surface area contributed by atoms with Gasteiger partial charge in [0.1, 0.15) is 11.4 Å². The number of aromatic nitrogens is 1. The molecule has 3 rings (SSSR count). The molecule has 0 saturated carbocycles. The summed E-state index contributed by atoms with van der Waals surface area (Å²) in [6, 6.07) is 11.6. The van der Waals surface area contributed by atoms with Crippen LogP contribution >= 0.6 is 0 Å². The van der Waals surface area contributed by atoms with Gasteiger partial charge in [0.05, 0.1) is 19.4 Å². The molecule has 0 fully saturated rings. The summed E-state index contributed by atoms with van der Waals surface area (Å²) in [7, 11) is 1.67. The molecule has 0 saturated heterocycles. The van der Waals surface area contributed by atoms with Gasteiger partial charge in [0.25, 0.3) is 0 Å². The standard InChI is InChI=1S/C18H21NO3/c1-3-22-17-6-4-5-16(19-17)18(20)10-9-13-11-15(21-2)8-7-14(13)12-18/h4-8,11,20H,3,9-10,12H2,1-2H3. The monoisotopic (exact) mass is 299 g/mol.